The maximum atomic E-state index is 5.78. The first-order valence-corrected chi connectivity index (χ1v) is 9.08. The van der Waals surface area contributed by atoms with E-state index in [1.54, 1.807) is 7.05 Å². The highest BCUT2D eigenvalue weighted by molar-refractivity contribution is 5.79. The van der Waals surface area contributed by atoms with Crippen molar-refractivity contribution in [1.82, 2.24) is 20.4 Å². The molecule has 0 fully saturated rings. The molecule has 0 aliphatic rings. The number of aryl methyl sites for hydroxylation is 2. The molecule has 0 amide bonds. The molecule has 0 radical (unpaired) electrons. The number of guanidine groups is 1. The quantitative estimate of drug-likeness (QED) is 0.454. The molecular weight excluding hydrogens is 326 g/mol. The average Bonchev–Trinajstić information content (AvgIpc) is 2.87. The largest absolute Gasteiger partial charge is 0.492 e. The minimum atomic E-state index is 0.534. The van der Waals surface area contributed by atoms with Gasteiger partial charge in [-0.15, -0.1) is 0 Å². The van der Waals surface area contributed by atoms with Gasteiger partial charge in [0.05, 0.1) is 12.2 Å². The normalized spacial score (nSPS) is 11.7. The molecule has 0 bridgehead atoms. The Hall–Kier alpha value is -2.50. The zero-order chi connectivity index (χ0) is 19.1. The van der Waals surface area contributed by atoms with Crippen LogP contribution in [-0.4, -0.2) is 35.9 Å². The van der Waals surface area contributed by atoms with Crippen LogP contribution in [0.5, 0.6) is 5.75 Å². The number of benzene rings is 1. The van der Waals surface area contributed by atoms with Crippen LogP contribution in [0.4, 0.5) is 0 Å². The minimum absolute atomic E-state index is 0.534. The number of hydrogen-bond donors (Lipinski definition) is 2. The highest BCUT2D eigenvalue weighted by Gasteiger charge is 2.09. The van der Waals surface area contributed by atoms with E-state index in [0.717, 1.165) is 17.4 Å². The first-order chi connectivity index (χ1) is 12.4. The molecule has 2 aromatic rings. The van der Waals surface area contributed by atoms with Gasteiger partial charge in [-0.1, -0.05) is 26.0 Å². The van der Waals surface area contributed by atoms with E-state index < -0.39 is 0 Å². The number of nitrogens with one attached hydrogen (secondary N) is 2. The van der Waals surface area contributed by atoms with Gasteiger partial charge in [0.1, 0.15) is 12.4 Å². The van der Waals surface area contributed by atoms with Gasteiger partial charge in [0, 0.05) is 31.9 Å². The summed E-state index contributed by atoms with van der Waals surface area (Å²) in [4.78, 5) is 4.26. The predicted octanol–water partition coefficient (Wildman–Crippen LogP) is 2.90. The zero-order valence-corrected chi connectivity index (χ0v) is 16.8. The molecule has 1 heterocycles. The fourth-order valence-electron chi connectivity index (χ4n) is 2.75. The van der Waals surface area contributed by atoms with E-state index in [2.05, 4.69) is 53.6 Å². The van der Waals surface area contributed by atoms with Gasteiger partial charge in [-0.25, -0.2) is 0 Å². The smallest absolute Gasteiger partial charge is 0.191 e. The van der Waals surface area contributed by atoms with Crippen LogP contribution in [0.2, 0.25) is 0 Å². The van der Waals surface area contributed by atoms with Crippen molar-refractivity contribution >= 4 is 5.96 Å². The number of hydrogen-bond acceptors (Lipinski definition) is 3. The van der Waals surface area contributed by atoms with Crippen molar-refractivity contribution in [3.05, 3.63) is 46.8 Å². The highest BCUT2D eigenvalue weighted by Crippen LogP contribution is 2.18. The summed E-state index contributed by atoms with van der Waals surface area (Å²) in [5.74, 6) is 2.18. The van der Waals surface area contributed by atoms with Crippen LogP contribution in [0.3, 0.4) is 0 Å². The van der Waals surface area contributed by atoms with Gasteiger partial charge in [-0.2, -0.15) is 5.10 Å². The van der Waals surface area contributed by atoms with Gasteiger partial charge in [-0.05, 0) is 37.5 Å². The number of aliphatic imine (C=N–C) groups is 1. The molecule has 1 aromatic heterocycles. The van der Waals surface area contributed by atoms with Crippen molar-refractivity contribution in [1.29, 1.82) is 0 Å². The summed E-state index contributed by atoms with van der Waals surface area (Å²) in [5.41, 5.74) is 4.73. The highest BCUT2D eigenvalue weighted by atomic mass is 16.5. The van der Waals surface area contributed by atoms with Gasteiger partial charge in [0.2, 0.25) is 0 Å². The maximum absolute atomic E-state index is 5.78. The van der Waals surface area contributed by atoms with Crippen LogP contribution in [-0.2, 0) is 13.6 Å². The molecule has 0 saturated carbocycles. The number of nitrogens with zero attached hydrogens (tertiary/aromatic N) is 3. The molecule has 26 heavy (non-hydrogen) atoms. The number of ether oxygens (including phenoxy) is 1. The number of rotatable bonds is 7. The Bertz CT molecular complexity index is 731. The Morgan fingerprint density at radius 3 is 2.42 bits per heavy atom. The Balaban J connectivity index is 1.75. The summed E-state index contributed by atoms with van der Waals surface area (Å²) >= 11 is 0. The van der Waals surface area contributed by atoms with E-state index in [-0.39, 0.29) is 0 Å². The molecule has 2 N–H and O–H groups in total. The molecule has 0 aliphatic carbocycles. The van der Waals surface area contributed by atoms with Gasteiger partial charge < -0.3 is 15.4 Å². The maximum Gasteiger partial charge on any atom is 0.191 e. The van der Waals surface area contributed by atoms with Crippen molar-refractivity contribution in [2.24, 2.45) is 12.0 Å². The van der Waals surface area contributed by atoms with Crippen LogP contribution in [0.15, 0.2) is 29.3 Å². The fraction of sp³-hybridized carbons (Fsp3) is 0.500. The monoisotopic (exact) mass is 357 g/mol. The second kappa shape index (κ2) is 9.27. The molecule has 0 atom stereocenters. The second-order valence-corrected chi connectivity index (χ2v) is 6.70. The van der Waals surface area contributed by atoms with Crippen LogP contribution in [0.25, 0.3) is 0 Å². The predicted molar refractivity (Wildman–Crippen MR) is 107 cm³/mol. The summed E-state index contributed by atoms with van der Waals surface area (Å²) in [7, 11) is 3.73. The molecule has 0 aliphatic heterocycles. The Morgan fingerprint density at radius 1 is 1.19 bits per heavy atom. The standard InChI is InChI=1S/C20H31N5O/c1-14(2)17-7-9-18(10-8-17)26-12-11-22-20(21-5)23-13-19-15(3)24-25(6)16(19)4/h7-10,14H,11-13H2,1-6H3,(H2,21,22,23). The lowest BCUT2D eigenvalue weighted by molar-refractivity contribution is 0.322. The lowest BCUT2D eigenvalue weighted by Crippen LogP contribution is -2.39. The van der Waals surface area contributed by atoms with Crippen LogP contribution >= 0.6 is 0 Å². The molecule has 2 rings (SSSR count). The van der Waals surface area contributed by atoms with Crippen molar-refractivity contribution in [3.63, 3.8) is 0 Å². The first kappa shape index (κ1) is 19.8. The van der Waals surface area contributed by atoms with Crippen molar-refractivity contribution < 1.29 is 4.74 Å². The van der Waals surface area contributed by atoms with E-state index in [9.17, 15) is 0 Å². The molecular formula is C20H31N5O. The molecule has 6 heteroatoms. The van der Waals surface area contributed by atoms with Crippen LogP contribution in [0, 0.1) is 13.8 Å². The van der Waals surface area contributed by atoms with E-state index >= 15 is 0 Å². The topological polar surface area (TPSA) is 63.5 Å². The first-order valence-electron chi connectivity index (χ1n) is 9.08. The molecule has 0 unspecified atom stereocenters. The van der Waals surface area contributed by atoms with Crippen molar-refractivity contribution in [2.45, 2.75) is 40.2 Å². The Labute approximate surface area is 156 Å². The van der Waals surface area contributed by atoms with Crippen LogP contribution in [0.1, 0.15) is 42.3 Å². The molecule has 6 nitrogen and oxygen atoms in total. The lowest BCUT2D eigenvalue weighted by Gasteiger charge is -2.13. The lowest BCUT2D eigenvalue weighted by atomic mass is 10.0. The van der Waals surface area contributed by atoms with E-state index in [0.29, 0.717) is 25.6 Å². The van der Waals surface area contributed by atoms with Gasteiger partial charge in [0.25, 0.3) is 0 Å². The van der Waals surface area contributed by atoms with Crippen molar-refractivity contribution in [2.75, 3.05) is 20.2 Å². The summed E-state index contributed by atoms with van der Waals surface area (Å²) < 4.78 is 7.69. The summed E-state index contributed by atoms with van der Waals surface area (Å²) in [6.07, 6.45) is 0. The third kappa shape index (κ3) is 5.25. The Morgan fingerprint density at radius 2 is 1.88 bits per heavy atom. The van der Waals surface area contributed by atoms with Crippen LogP contribution < -0.4 is 15.4 Å². The molecule has 1 aromatic carbocycles. The molecule has 142 valence electrons. The minimum Gasteiger partial charge on any atom is -0.492 e. The third-order valence-electron chi connectivity index (χ3n) is 4.53. The number of aromatic nitrogens is 2. The van der Waals surface area contributed by atoms with Gasteiger partial charge in [-0.3, -0.25) is 9.67 Å². The zero-order valence-electron chi connectivity index (χ0n) is 16.8. The molecule has 0 spiro atoms. The summed E-state index contributed by atoms with van der Waals surface area (Å²) in [6, 6.07) is 8.28. The fourth-order valence-corrected chi connectivity index (χ4v) is 2.75. The van der Waals surface area contributed by atoms with Gasteiger partial charge >= 0.3 is 0 Å². The van der Waals surface area contributed by atoms with E-state index in [4.69, 9.17) is 4.74 Å². The Kier molecular flexibility index (Phi) is 7.06. The van der Waals surface area contributed by atoms with Gasteiger partial charge in [0.15, 0.2) is 5.96 Å². The summed E-state index contributed by atoms with van der Waals surface area (Å²) in [5, 5.41) is 11.0. The second-order valence-electron chi connectivity index (χ2n) is 6.70. The third-order valence-corrected chi connectivity index (χ3v) is 4.53. The van der Waals surface area contributed by atoms with Crippen molar-refractivity contribution in [3.8, 4) is 5.75 Å². The average molecular weight is 358 g/mol. The summed E-state index contributed by atoms with van der Waals surface area (Å²) in [6.45, 7) is 10.4. The SMILES string of the molecule is CN=C(NCCOc1ccc(C(C)C)cc1)NCc1c(C)nn(C)c1C. The molecule has 0 saturated heterocycles. The van der Waals surface area contributed by atoms with E-state index in [1.807, 2.05) is 30.8 Å². The van der Waals surface area contributed by atoms with E-state index in [1.165, 1.54) is 16.8 Å².